The Balaban J connectivity index is 1.96. The summed E-state index contributed by atoms with van der Waals surface area (Å²) in [6.45, 7) is 9.50. The molecule has 5 nitrogen and oxygen atoms in total. The summed E-state index contributed by atoms with van der Waals surface area (Å²) in [5.74, 6) is -0.0231. The van der Waals surface area contributed by atoms with Crippen LogP contribution in [0.1, 0.15) is 45.6 Å². The van der Waals surface area contributed by atoms with Gasteiger partial charge in [-0.3, -0.25) is 14.5 Å². The molecule has 2 unspecified atom stereocenters. The Labute approximate surface area is 138 Å². The number of carbonyl (C=O) groups is 2. The summed E-state index contributed by atoms with van der Waals surface area (Å²) in [4.78, 5) is 26.3. The highest BCUT2D eigenvalue weighted by molar-refractivity contribution is 5.94. The number of amides is 1. The molecule has 2 rings (SSSR count). The maximum Gasteiger partial charge on any atom is 0.324 e. The molecule has 1 aliphatic rings. The minimum absolute atomic E-state index is 0.116. The molecule has 5 heteroatoms. The summed E-state index contributed by atoms with van der Waals surface area (Å²) in [5, 5.41) is 2.86. The molecule has 0 aromatic heterocycles. The van der Waals surface area contributed by atoms with Crippen LogP contribution in [0.2, 0.25) is 0 Å². The van der Waals surface area contributed by atoms with Crippen LogP contribution in [-0.2, 0) is 14.3 Å². The van der Waals surface area contributed by atoms with Gasteiger partial charge in [0.1, 0.15) is 12.1 Å². The van der Waals surface area contributed by atoms with E-state index in [1.54, 1.807) is 0 Å². The predicted molar refractivity (Wildman–Crippen MR) is 90.4 cm³/mol. The molecule has 1 heterocycles. The Bertz CT molecular complexity index is 554. The molecular formula is C18H26N2O3. The van der Waals surface area contributed by atoms with E-state index < -0.39 is 6.04 Å². The average molecular weight is 318 g/mol. The number of hydrogen-bond donors (Lipinski definition) is 1. The lowest BCUT2D eigenvalue weighted by molar-refractivity contribution is -0.165. The monoisotopic (exact) mass is 318 g/mol. The molecule has 0 spiro atoms. The number of nitrogens with one attached hydrogen (secondary N) is 1. The highest BCUT2D eigenvalue weighted by atomic mass is 16.5. The Hall–Kier alpha value is -1.88. The van der Waals surface area contributed by atoms with Crippen LogP contribution < -0.4 is 5.32 Å². The van der Waals surface area contributed by atoms with Gasteiger partial charge in [0.25, 0.3) is 0 Å². The molecule has 0 aliphatic carbocycles. The maximum atomic E-state index is 12.2. The minimum Gasteiger partial charge on any atom is -0.460 e. The van der Waals surface area contributed by atoms with Crippen molar-refractivity contribution in [1.82, 2.24) is 4.90 Å². The molecule has 0 bridgehead atoms. The first-order valence-electron chi connectivity index (χ1n) is 8.25. The number of cyclic esters (lactones) is 1. The molecular weight excluding hydrogens is 292 g/mol. The summed E-state index contributed by atoms with van der Waals surface area (Å²) in [7, 11) is 0. The largest absolute Gasteiger partial charge is 0.460 e. The number of morpholine rings is 1. The highest BCUT2D eigenvalue weighted by Crippen LogP contribution is 2.19. The first-order chi connectivity index (χ1) is 10.9. The van der Waals surface area contributed by atoms with Gasteiger partial charge in [0, 0.05) is 12.2 Å². The fourth-order valence-electron chi connectivity index (χ4n) is 2.82. The van der Waals surface area contributed by atoms with Crippen molar-refractivity contribution in [1.29, 1.82) is 0 Å². The standard InChI is InChI=1S/C18H26N2O3/c1-5-20-11-13(4)23-18(22)16(20)10-17(21)19-15-8-6-14(7-9-15)12(2)3/h6-9,12-13,16H,5,10-11H2,1-4H3,(H,19,21). The summed E-state index contributed by atoms with van der Waals surface area (Å²) >= 11 is 0. The number of anilines is 1. The van der Waals surface area contributed by atoms with Gasteiger partial charge in [0.15, 0.2) is 0 Å². The van der Waals surface area contributed by atoms with Gasteiger partial charge >= 0.3 is 5.97 Å². The lowest BCUT2D eigenvalue weighted by Crippen LogP contribution is -2.52. The third kappa shape index (κ3) is 4.55. The van der Waals surface area contributed by atoms with Crippen molar-refractivity contribution in [2.45, 2.75) is 52.2 Å². The molecule has 0 saturated carbocycles. The van der Waals surface area contributed by atoms with E-state index in [0.717, 1.165) is 12.2 Å². The number of likely N-dealkylation sites (N-methyl/N-ethyl adjacent to an activating group) is 1. The number of benzene rings is 1. The van der Waals surface area contributed by atoms with Crippen molar-refractivity contribution in [2.24, 2.45) is 0 Å². The van der Waals surface area contributed by atoms with Gasteiger partial charge < -0.3 is 10.1 Å². The van der Waals surface area contributed by atoms with Crippen molar-refractivity contribution in [3.8, 4) is 0 Å². The third-order valence-electron chi connectivity index (χ3n) is 4.17. The SMILES string of the molecule is CCN1CC(C)OC(=O)C1CC(=O)Nc1ccc(C(C)C)cc1. The second-order valence-electron chi connectivity index (χ2n) is 6.38. The van der Waals surface area contributed by atoms with Crippen molar-refractivity contribution < 1.29 is 14.3 Å². The Kier molecular flexibility index (Phi) is 5.77. The highest BCUT2D eigenvalue weighted by Gasteiger charge is 2.35. The number of carbonyl (C=O) groups excluding carboxylic acids is 2. The number of hydrogen-bond acceptors (Lipinski definition) is 4. The van der Waals surface area contributed by atoms with Crippen LogP contribution in [0, 0.1) is 0 Å². The maximum absolute atomic E-state index is 12.2. The van der Waals surface area contributed by atoms with Gasteiger partial charge in [-0.1, -0.05) is 32.9 Å². The van der Waals surface area contributed by atoms with Crippen molar-refractivity contribution in [3.63, 3.8) is 0 Å². The van der Waals surface area contributed by atoms with Gasteiger partial charge in [-0.25, -0.2) is 0 Å². The summed E-state index contributed by atoms with van der Waals surface area (Å²) in [6.07, 6.45) is -0.00366. The van der Waals surface area contributed by atoms with Crippen LogP contribution in [0.15, 0.2) is 24.3 Å². The zero-order chi connectivity index (χ0) is 17.0. The summed E-state index contributed by atoms with van der Waals surface area (Å²) in [5.41, 5.74) is 1.98. The van der Waals surface area contributed by atoms with Crippen molar-refractivity contribution in [2.75, 3.05) is 18.4 Å². The van der Waals surface area contributed by atoms with Gasteiger partial charge in [-0.2, -0.15) is 0 Å². The zero-order valence-electron chi connectivity index (χ0n) is 14.3. The molecule has 1 aliphatic heterocycles. The minimum atomic E-state index is -0.494. The Morgan fingerprint density at radius 1 is 1.35 bits per heavy atom. The van der Waals surface area contributed by atoms with E-state index in [0.29, 0.717) is 12.5 Å². The number of rotatable bonds is 5. The van der Waals surface area contributed by atoms with Crippen LogP contribution in [-0.4, -0.2) is 42.0 Å². The molecule has 0 radical (unpaired) electrons. The zero-order valence-corrected chi connectivity index (χ0v) is 14.3. The number of nitrogens with zero attached hydrogens (tertiary/aromatic N) is 1. The van der Waals surface area contributed by atoms with Crippen LogP contribution in [0.5, 0.6) is 0 Å². The Morgan fingerprint density at radius 2 is 2.00 bits per heavy atom. The quantitative estimate of drug-likeness (QED) is 0.848. The predicted octanol–water partition coefficient (Wildman–Crippen LogP) is 2.77. The van der Waals surface area contributed by atoms with E-state index in [9.17, 15) is 9.59 Å². The number of ether oxygens (including phenoxy) is 1. The second kappa shape index (κ2) is 7.59. The van der Waals surface area contributed by atoms with Gasteiger partial charge in [0.2, 0.25) is 5.91 Å². The molecule has 1 aromatic carbocycles. The van der Waals surface area contributed by atoms with Gasteiger partial charge in [0.05, 0.1) is 6.42 Å². The molecule has 1 fully saturated rings. The normalized spacial score (nSPS) is 22.0. The molecule has 23 heavy (non-hydrogen) atoms. The van der Waals surface area contributed by atoms with Crippen molar-refractivity contribution in [3.05, 3.63) is 29.8 Å². The third-order valence-corrected chi connectivity index (χ3v) is 4.17. The molecule has 1 aromatic rings. The lowest BCUT2D eigenvalue weighted by Gasteiger charge is -2.36. The van der Waals surface area contributed by atoms with E-state index in [-0.39, 0.29) is 24.4 Å². The first-order valence-corrected chi connectivity index (χ1v) is 8.25. The second-order valence-corrected chi connectivity index (χ2v) is 6.38. The topological polar surface area (TPSA) is 58.6 Å². The van der Waals surface area contributed by atoms with Crippen LogP contribution in [0.3, 0.4) is 0 Å². The van der Waals surface area contributed by atoms with E-state index >= 15 is 0 Å². The van der Waals surface area contributed by atoms with Crippen molar-refractivity contribution >= 4 is 17.6 Å². The summed E-state index contributed by atoms with van der Waals surface area (Å²) in [6, 6.07) is 7.31. The molecule has 1 N–H and O–H groups in total. The molecule has 1 amide bonds. The fraction of sp³-hybridized carbons (Fsp3) is 0.556. The van der Waals surface area contributed by atoms with Crippen LogP contribution in [0.4, 0.5) is 5.69 Å². The number of esters is 1. The lowest BCUT2D eigenvalue weighted by atomic mass is 10.0. The molecule has 1 saturated heterocycles. The van der Waals surface area contributed by atoms with E-state index in [1.165, 1.54) is 5.56 Å². The first kappa shape index (κ1) is 17.5. The van der Waals surface area contributed by atoms with E-state index in [4.69, 9.17) is 4.74 Å². The van der Waals surface area contributed by atoms with Gasteiger partial charge in [-0.15, -0.1) is 0 Å². The molecule has 126 valence electrons. The van der Waals surface area contributed by atoms with E-state index in [1.807, 2.05) is 43.0 Å². The fourth-order valence-corrected chi connectivity index (χ4v) is 2.82. The smallest absolute Gasteiger partial charge is 0.324 e. The molecule has 2 atom stereocenters. The summed E-state index contributed by atoms with van der Waals surface area (Å²) < 4.78 is 5.26. The van der Waals surface area contributed by atoms with Gasteiger partial charge in [-0.05, 0) is 37.1 Å². The van der Waals surface area contributed by atoms with Crippen LogP contribution in [0.25, 0.3) is 0 Å². The average Bonchev–Trinajstić information content (AvgIpc) is 2.50. The van der Waals surface area contributed by atoms with E-state index in [2.05, 4.69) is 19.2 Å². The Morgan fingerprint density at radius 3 is 2.57 bits per heavy atom. The van der Waals surface area contributed by atoms with Crippen LogP contribution >= 0.6 is 0 Å².